The van der Waals surface area contributed by atoms with Gasteiger partial charge in [-0.2, -0.15) is 0 Å². The molecule has 1 atom stereocenters. The quantitative estimate of drug-likeness (QED) is 0.276. The second kappa shape index (κ2) is 15.6. The predicted molar refractivity (Wildman–Crippen MR) is 149 cm³/mol. The van der Waals surface area contributed by atoms with Gasteiger partial charge in [-0.3, -0.25) is 9.80 Å². The highest BCUT2D eigenvalue weighted by Crippen LogP contribution is 2.28. The summed E-state index contributed by atoms with van der Waals surface area (Å²) in [4.78, 5) is 4.84. The van der Waals surface area contributed by atoms with E-state index in [0.717, 1.165) is 61.7 Å². The van der Waals surface area contributed by atoms with Crippen molar-refractivity contribution in [3.05, 3.63) is 114 Å². The monoisotopic (exact) mass is 532 g/mol. The van der Waals surface area contributed by atoms with Crippen molar-refractivity contribution >= 4 is 24.8 Å². The van der Waals surface area contributed by atoms with E-state index in [9.17, 15) is 4.39 Å². The zero-order chi connectivity index (χ0) is 23.6. The van der Waals surface area contributed by atoms with E-state index in [1.54, 1.807) is 12.1 Å². The van der Waals surface area contributed by atoms with Gasteiger partial charge in [0.15, 0.2) is 0 Å². The third-order valence-electron chi connectivity index (χ3n) is 6.15. The van der Waals surface area contributed by atoms with E-state index in [2.05, 4.69) is 16.4 Å². The lowest BCUT2D eigenvalue weighted by Gasteiger charge is -2.34. The van der Waals surface area contributed by atoms with Crippen LogP contribution >= 0.6 is 24.8 Å². The van der Waals surface area contributed by atoms with Crippen molar-refractivity contribution in [1.29, 1.82) is 0 Å². The van der Waals surface area contributed by atoms with Gasteiger partial charge in [0.1, 0.15) is 24.3 Å². The molecule has 3 aromatic rings. The SMILES string of the molecule is C=CCN1CCN(CCOC(c2ccc(F)cc2)c2ccc(OCc3ccccc3)cc2)CC1.Cl.Cl. The number of benzene rings is 3. The van der Waals surface area contributed by atoms with Gasteiger partial charge in [0.25, 0.3) is 0 Å². The van der Waals surface area contributed by atoms with Crippen LogP contribution in [0.15, 0.2) is 91.5 Å². The zero-order valence-electron chi connectivity index (χ0n) is 20.4. The van der Waals surface area contributed by atoms with E-state index in [-0.39, 0.29) is 36.7 Å². The van der Waals surface area contributed by atoms with E-state index in [0.29, 0.717) is 13.2 Å². The maximum atomic E-state index is 13.5. The minimum Gasteiger partial charge on any atom is -0.489 e. The van der Waals surface area contributed by atoms with Crippen LogP contribution in [0.25, 0.3) is 0 Å². The van der Waals surface area contributed by atoms with Gasteiger partial charge in [0.2, 0.25) is 0 Å². The summed E-state index contributed by atoms with van der Waals surface area (Å²) in [7, 11) is 0. The van der Waals surface area contributed by atoms with Crippen molar-refractivity contribution in [3.63, 3.8) is 0 Å². The van der Waals surface area contributed by atoms with Gasteiger partial charge < -0.3 is 9.47 Å². The molecule has 4 rings (SSSR count). The van der Waals surface area contributed by atoms with Gasteiger partial charge in [-0.1, -0.05) is 60.7 Å². The topological polar surface area (TPSA) is 24.9 Å². The van der Waals surface area contributed by atoms with Gasteiger partial charge in [0, 0.05) is 39.3 Å². The molecule has 1 unspecified atom stereocenters. The molecule has 36 heavy (non-hydrogen) atoms. The number of hydrogen-bond acceptors (Lipinski definition) is 4. The van der Waals surface area contributed by atoms with Crippen molar-refractivity contribution in [3.8, 4) is 5.75 Å². The molecule has 194 valence electrons. The van der Waals surface area contributed by atoms with E-state index < -0.39 is 0 Å². The number of halogens is 3. The Kier molecular flexibility index (Phi) is 13.0. The molecule has 0 amide bonds. The van der Waals surface area contributed by atoms with Gasteiger partial charge in [-0.15, -0.1) is 31.4 Å². The highest BCUT2D eigenvalue weighted by atomic mass is 35.5. The minimum absolute atomic E-state index is 0. The minimum atomic E-state index is -0.258. The Labute approximate surface area is 226 Å². The normalized spacial score (nSPS) is 14.8. The van der Waals surface area contributed by atoms with Crippen LogP contribution in [0.5, 0.6) is 5.75 Å². The Morgan fingerprint density at radius 1 is 0.806 bits per heavy atom. The van der Waals surface area contributed by atoms with Crippen LogP contribution in [-0.2, 0) is 11.3 Å². The summed E-state index contributed by atoms with van der Waals surface area (Å²) < 4.78 is 25.8. The van der Waals surface area contributed by atoms with Crippen LogP contribution in [0.1, 0.15) is 22.8 Å². The van der Waals surface area contributed by atoms with Crippen molar-refractivity contribution in [2.24, 2.45) is 0 Å². The lowest BCUT2D eigenvalue weighted by atomic mass is 10.0. The molecule has 4 nitrogen and oxygen atoms in total. The molecule has 0 radical (unpaired) electrons. The summed E-state index contributed by atoms with van der Waals surface area (Å²) in [6, 6.07) is 24.7. The third-order valence-corrected chi connectivity index (χ3v) is 6.15. The molecule has 0 bridgehead atoms. The van der Waals surface area contributed by atoms with Crippen LogP contribution in [0.2, 0.25) is 0 Å². The second-order valence-corrected chi connectivity index (χ2v) is 8.58. The summed E-state index contributed by atoms with van der Waals surface area (Å²) in [5, 5.41) is 0. The lowest BCUT2D eigenvalue weighted by molar-refractivity contribution is 0.0467. The molecule has 7 heteroatoms. The molecular weight excluding hydrogens is 498 g/mol. The molecule has 0 N–H and O–H groups in total. The lowest BCUT2D eigenvalue weighted by Crippen LogP contribution is -2.47. The molecular formula is C29H35Cl2FN2O2. The molecule has 1 saturated heterocycles. The summed E-state index contributed by atoms with van der Waals surface area (Å²) >= 11 is 0. The first-order chi connectivity index (χ1) is 16.7. The second-order valence-electron chi connectivity index (χ2n) is 8.58. The average molecular weight is 534 g/mol. The molecule has 0 aromatic heterocycles. The molecule has 1 heterocycles. The highest BCUT2D eigenvalue weighted by molar-refractivity contribution is 5.85. The van der Waals surface area contributed by atoms with Crippen molar-refractivity contribution in [1.82, 2.24) is 9.80 Å². The van der Waals surface area contributed by atoms with Gasteiger partial charge >= 0.3 is 0 Å². The maximum Gasteiger partial charge on any atom is 0.123 e. The van der Waals surface area contributed by atoms with Crippen LogP contribution in [0, 0.1) is 5.82 Å². The highest BCUT2D eigenvalue weighted by Gasteiger charge is 2.18. The molecule has 0 spiro atoms. The average Bonchev–Trinajstić information content (AvgIpc) is 2.88. The van der Waals surface area contributed by atoms with E-state index in [1.807, 2.05) is 60.7 Å². The van der Waals surface area contributed by atoms with Gasteiger partial charge in [-0.25, -0.2) is 4.39 Å². The first kappa shape index (κ1) is 29.8. The molecule has 0 aliphatic carbocycles. The summed E-state index contributed by atoms with van der Waals surface area (Å²) in [6.45, 7) is 11.0. The summed E-state index contributed by atoms with van der Waals surface area (Å²) in [5.74, 6) is 0.562. The van der Waals surface area contributed by atoms with Crippen molar-refractivity contribution < 1.29 is 13.9 Å². The molecule has 3 aromatic carbocycles. The number of rotatable bonds is 11. The third kappa shape index (κ3) is 8.91. The van der Waals surface area contributed by atoms with Crippen molar-refractivity contribution in [2.45, 2.75) is 12.7 Å². The summed E-state index contributed by atoms with van der Waals surface area (Å²) in [5.41, 5.74) is 3.09. The van der Waals surface area contributed by atoms with E-state index in [4.69, 9.17) is 9.47 Å². The standard InChI is InChI=1S/C29H33FN2O2.2ClH/c1-2-16-31-17-19-32(20-18-31)21-22-33-29(25-8-12-27(30)13-9-25)26-10-14-28(15-11-26)34-23-24-6-4-3-5-7-24;;/h2-15,29H,1,16-23H2;2*1H. The fraction of sp³-hybridized carbons (Fsp3) is 0.310. The smallest absolute Gasteiger partial charge is 0.123 e. The molecule has 1 fully saturated rings. The van der Waals surface area contributed by atoms with E-state index in [1.165, 1.54) is 12.1 Å². The Hall–Kier alpha value is -2.41. The van der Waals surface area contributed by atoms with Crippen LogP contribution in [0.3, 0.4) is 0 Å². The van der Waals surface area contributed by atoms with Gasteiger partial charge in [-0.05, 0) is 41.0 Å². The first-order valence-corrected chi connectivity index (χ1v) is 11.9. The Morgan fingerprint density at radius 2 is 1.39 bits per heavy atom. The molecule has 1 aliphatic heterocycles. The van der Waals surface area contributed by atoms with Crippen LogP contribution < -0.4 is 4.74 Å². The number of ether oxygens (including phenoxy) is 2. The summed E-state index contributed by atoms with van der Waals surface area (Å²) in [6.07, 6.45) is 1.70. The van der Waals surface area contributed by atoms with Crippen molar-refractivity contribution in [2.75, 3.05) is 45.9 Å². The van der Waals surface area contributed by atoms with Crippen LogP contribution in [-0.4, -0.2) is 55.7 Å². The Bertz CT molecular complexity index is 1010. The zero-order valence-corrected chi connectivity index (χ0v) is 22.1. The van der Waals surface area contributed by atoms with Crippen LogP contribution in [0.4, 0.5) is 4.39 Å². The number of hydrogen-bond donors (Lipinski definition) is 0. The largest absolute Gasteiger partial charge is 0.489 e. The van der Waals surface area contributed by atoms with E-state index >= 15 is 0 Å². The first-order valence-electron chi connectivity index (χ1n) is 11.9. The number of nitrogens with zero attached hydrogens (tertiary/aromatic N) is 2. The molecule has 1 aliphatic rings. The van der Waals surface area contributed by atoms with Gasteiger partial charge in [0.05, 0.1) is 6.61 Å². The number of piperazine rings is 1. The molecule has 0 saturated carbocycles. The predicted octanol–water partition coefficient (Wildman–Crippen LogP) is 6.16. The Balaban J connectivity index is 0.00000228. The maximum absolute atomic E-state index is 13.5. The fourth-order valence-corrected chi connectivity index (χ4v) is 4.18. The fourth-order valence-electron chi connectivity index (χ4n) is 4.18. The Morgan fingerprint density at radius 3 is 2.00 bits per heavy atom.